The van der Waals surface area contributed by atoms with Crippen LogP contribution in [-0.4, -0.2) is 67.5 Å². The summed E-state index contributed by atoms with van der Waals surface area (Å²) in [4.78, 5) is 39.1. The van der Waals surface area contributed by atoms with Gasteiger partial charge in [-0.1, -0.05) is 6.92 Å². The molecule has 1 saturated heterocycles. The number of nitrogens with zero attached hydrogens (tertiary/aromatic N) is 1. The molecule has 8 heteroatoms. The van der Waals surface area contributed by atoms with Crippen molar-refractivity contribution in [1.82, 2.24) is 4.90 Å². The average Bonchev–Trinajstić information content (AvgIpc) is 2.58. The summed E-state index contributed by atoms with van der Waals surface area (Å²) in [5, 5.41) is 0. The summed E-state index contributed by atoms with van der Waals surface area (Å²) < 4.78 is 21.4. The molecule has 0 aromatic rings. The van der Waals surface area contributed by atoms with Crippen LogP contribution in [0.25, 0.3) is 0 Å². The Labute approximate surface area is 161 Å². The largest absolute Gasteiger partial charge is 0.465 e. The molecular formula is C19H33NO7. The highest BCUT2D eigenvalue weighted by Crippen LogP contribution is 2.34. The monoisotopic (exact) mass is 387 g/mol. The number of hydrogen-bond acceptors (Lipinski definition) is 7. The molecule has 1 aliphatic rings. The van der Waals surface area contributed by atoms with Crippen molar-refractivity contribution in [1.29, 1.82) is 0 Å². The van der Waals surface area contributed by atoms with E-state index >= 15 is 0 Å². The lowest BCUT2D eigenvalue weighted by molar-refractivity contribution is -0.176. The molecule has 8 nitrogen and oxygen atoms in total. The Kier molecular flexibility index (Phi) is 8.53. The van der Waals surface area contributed by atoms with Crippen molar-refractivity contribution in [3.63, 3.8) is 0 Å². The molecule has 156 valence electrons. The van der Waals surface area contributed by atoms with E-state index in [0.717, 1.165) is 0 Å². The van der Waals surface area contributed by atoms with E-state index in [-0.39, 0.29) is 32.6 Å². The highest BCUT2D eigenvalue weighted by atomic mass is 16.6. The maximum absolute atomic E-state index is 12.6. The van der Waals surface area contributed by atoms with Crippen LogP contribution >= 0.6 is 0 Å². The van der Waals surface area contributed by atoms with Crippen LogP contribution in [0.15, 0.2) is 0 Å². The Bertz CT molecular complexity index is 509. The predicted octanol–water partition coefficient (Wildman–Crippen LogP) is 2.54. The number of ether oxygens (including phenoxy) is 4. The molecule has 1 amide bonds. The lowest BCUT2D eigenvalue weighted by atomic mass is 9.79. The molecule has 0 spiro atoms. The Morgan fingerprint density at radius 3 is 2.04 bits per heavy atom. The first-order chi connectivity index (χ1) is 12.6. The summed E-state index contributed by atoms with van der Waals surface area (Å²) >= 11 is 0. The fraction of sp³-hybridized carbons (Fsp3) is 0.842. The van der Waals surface area contributed by atoms with Crippen LogP contribution in [-0.2, 0) is 28.5 Å². The molecule has 0 unspecified atom stereocenters. The van der Waals surface area contributed by atoms with E-state index in [9.17, 15) is 14.4 Å². The number of hydrogen-bond donors (Lipinski definition) is 0. The zero-order chi connectivity index (χ0) is 20.7. The molecule has 1 heterocycles. The summed E-state index contributed by atoms with van der Waals surface area (Å²) in [6.07, 6.45) is -0.637. The smallest absolute Gasteiger partial charge is 0.410 e. The number of amides is 1. The minimum atomic E-state index is -1.45. The van der Waals surface area contributed by atoms with Crippen LogP contribution in [0.5, 0.6) is 0 Å². The van der Waals surface area contributed by atoms with E-state index in [0.29, 0.717) is 13.2 Å². The van der Waals surface area contributed by atoms with E-state index in [1.165, 1.54) is 4.90 Å². The van der Waals surface area contributed by atoms with Crippen molar-refractivity contribution in [2.75, 3.05) is 32.9 Å². The van der Waals surface area contributed by atoms with Gasteiger partial charge in [-0.3, -0.25) is 9.59 Å². The minimum Gasteiger partial charge on any atom is -0.465 e. The van der Waals surface area contributed by atoms with Crippen molar-refractivity contribution < 1.29 is 33.3 Å². The second kappa shape index (κ2) is 9.92. The molecule has 0 aliphatic carbocycles. The van der Waals surface area contributed by atoms with E-state index < -0.39 is 35.2 Å². The zero-order valence-corrected chi connectivity index (χ0v) is 17.3. The highest BCUT2D eigenvalue weighted by Gasteiger charge is 2.49. The van der Waals surface area contributed by atoms with Crippen LogP contribution in [0, 0.1) is 5.41 Å². The SMILES string of the molecule is CCOC(=O)C(CC)(C[C@H]1CN(C(=O)OC(C)(C)C)CCO1)C(=O)OCC. The van der Waals surface area contributed by atoms with Gasteiger partial charge in [-0.2, -0.15) is 0 Å². The number of carbonyl (C=O) groups excluding carboxylic acids is 3. The Morgan fingerprint density at radius 1 is 1.04 bits per heavy atom. The maximum Gasteiger partial charge on any atom is 0.410 e. The molecule has 1 rings (SSSR count). The summed E-state index contributed by atoms with van der Waals surface area (Å²) in [6.45, 7) is 11.8. The molecule has 0 saturated carbocycles. The molecule has 1 aliphatic heterocycles. The second-order valence-electron chi connectivity index (χ2n) is 7.50. The third kappa shape index (κ3) is 6.37. The first-order valence-electron chi connectivity index (χ1n) is 9.53. The molecule has 27 heavy (non-hydrogen) atoms. The Balaban J connectivity index is 2.95. The number of morpholine rings is 1. The van der Waals surface area contributed by atoms with Crippen molar-refractivity contribution in [3.8, 4) is 0 Å². The van der Waals surface area contributed by atoms with Gasteiger partial charge in [0, 0.05) is 13.0 Å². The van der Waals surface area contributed by atoms with Crippen LogP contribution in [0.3, 0.4) is 0 Å². The first kappa shape index (κ1) is 23.2. The molecule has 0 N–H and O–H groups in total. The van der Waals surface area contributed by atoms with E-state index in [1.54, 1.807) is 41.5 Å². The number of rotatable bonds is 7. The molecular weight excluding hydrogens is 354 g/mol. The molecule has 1 atom stereocenters. The van der Waals surface area contributed by atoms with Gasteiger partial charge in [0.05, 0.1) is 32.5 Å². The van der Waals surface area contributed by atoms with Crippen molar-refractivity contribution >= 4 is 18.0 Å². The first-order valence-corrected chi connectivity index (χ1v) is 9.53. The third-order valence-corrected chi connectivity index (χ3v) is 4.30. The van der Waals surface area contributed by atoms with Crippen LogP contribution in [0.2, 0.25) is 0 Å². The van der Waals surface area contributed by atoms with Crippen LogP contribution in [0.1, 0.15) is 54.4 Å². The lowest BCUT2D eigenvalue weighted by Crippen LogP contribution is -2.51. The van der Waals surface area contributed by atoms with Gasteiger partial charge < -0.3 is 23.8 Å². The fourth-order valence-electron chi connectivity index (χ4n) is 2.95. The maximum atomic E-state index is 12.6. The van der Waals surface area contributed by atoms with Crippen molar-refractivity contribution in [2.45, 2.75) is 66.1 Å². The highest BCUT2D eigenvalue weighted by molar-refractivity contribution is 6.00. The summed E-state index contributed by atoms with van der Waals surface area (Å²) in [6, 6.07) is 0. The molecule has 0 aromatic heterocycles. The quantitative estimate of drug-likeness (QED) is 0.376. The normalized spacial score (nSPS) is 18.0. The van der Waals surface area contributed by atoms with Gasteiger partial charge in [-0.25, -0.2) is 4.79 Å². The van der Waals surface area contributed by atoms with Gasteiger partial charge in [0.25, 0.3) is 0 Å². The third-order valence-electron chi connectivity index (χ3n) is 4.30. The standard InChI is InChI=1S/C19H33NO7/c1-7-19(15(21)24-8-2,16(22)25-9-3)12-14-13-20(10-11-26-14)17(23)27-18(4,5)6/h14H,7-13H2,1-6H3/t14-/m0/s1. The Morgan fingerprint density at radius 2 is 1.59 bits per heavy atom. The summed E-state index contributed by atoms with van der Waals surface area (Å²) in [5.74, 6) is -1.24. The predicted molar refractivity (Wildman–Crippen MR) is 98.2 cm³/mol. The molecule has 0 aromatic carbocycles. The van der Waals surface area contributed by atoms with E-state index in [4.69, 9.17) is 18.9 Å². The number of carbonyl (C=O) groups is 3. The van der Waals surface area contributed by atoms with Gasteiger partial charge >= 0.3 is 18.0 Å². The second-order valence-corrected chi connectivity index (χ2v) is 7.50. The van der Waals surface area contributed by atoms with E-state index in [2.05, 4.69) is 0 Å². The van der Waals surface area contributed by atoms with Crippen LogP contribution in [0.4, 0.5) is 4.79 Å². The van der Waals surface area contributed by atoms with Gasteiger partial charge in [0.1, 0.15) is 5.60 Å². The average molecular weight is 387 g/mol. The van der Waals surface area contributed by atoms with E-state index in [1.807, 2.05) is 0 Å². The van der Waals surface area contributed by atoms with Gasteiger partial charge in [0.15, 0.2) is 5.41 Å². The number of esters is 2. The fourth-order valence-corrected chi connectivity index (χ4v) is 2.95. The summed E-state index contributed by atoms with van der Waals surface area (Å²) in [5.41, 5.74) is -2.05. The lowest BCUT2D eigenvalue weighted by Gasteiger charge is -2.37. The van der Waals surface area contributed by atoms with Gasteiger partial charge in [0.2, 0.25) is 0 Å². The van der Waals surface area contributed by atoms with Crippen molar-refractivity contribution in [3.05, 3.63) is 0 Å². The minimum absolute atomic E-state index is 0.0838. The van der Waals surface area contributed by atoms with Gasteiger partial charge in [-0.05, 0) is 41.0 Å². The van der Waals surface area contributed by atoms with Crippen molar-refractivity contribution in [2.24, 2.45) is 5.41 Å². The topological polar surface area (TPSA) is 91.4 Å². The van der Waals surface area contributed by atoms with Gasteiger partial charge in [-0.15, -0.1) is 0 Å². The molecule has 1 fully saturated rings. The molecule has 0 radical (unpaired) electrons. The Hall–Kier alpha value is -1.83. The zero-order valence-electron chi connectivity index (χ0n) is 17.3. The van der Waals surface area contributed by atoms with Crippen LogP contribution < -0.4 is 0 Å². The summed E-state index contributed by atoms with van der Waals surface area (Å²) in [7, 11) is 0. The molecule has 0 bridgehead atoms.